The van der Waals surface area contributed by atoms with Crippen LogP contribution in [0.5, 0.6) is 0 Å². The Morgan fingerprint density at radius 2 is 1.97 bits per heavy atom. The molecule has 1 heterocycles. The van der Waals surface area contributed by atoms with E-state index in [1.54, 1.807) is 11.3 Å². The Morgan fingerprint density at radius 1 is 1.23 bits per heavy atom. The van der Waals surface area contributed by atoms with Crippen molar-refractivity contribution in [2.24, 2.45) is 4.99 Å². The molecule has 0 aliphatic carbocycles. The number of nitro groups is 1. The van der Waals surface area contributed by atoms with Crippen LogP contribution in [0.2, 0.25) is 0 Å². The average molecular weight is 567 g/mol. The zero-order valence-electron chi connectivity index (χ0n) is 17.0. The maximum Gasteiger partial charge on any atom is 0.293 e. The summed E-state index contributed by atoms with van der Waals surface area (Å²) in [5.41, 5.74) is 1.20. The maximum atomic E-state index is 11.6. The lowest BCUT2D eigenvalue weighted by atomic mass is 10.2. The molecule has 30 heavy (non-hydrogen) atoms. The van der Waals surface area contributed by atoms with E-state index in [1.165, 1.54) is 22.6 Å². The van der Waals surface area contributed by atoms with E-state index in [0.29, 0.717) is 32.1 Å². The van der Waals surface area contributed by atoms with Gasteiger partial charge in [-0.05, 0) is 43.0 Å². The third kappa shape index (κ3) is 7.72. The molecule has 1 aromatic heterocycles. The van der Waals surface area contributed by atoms with Crippen molar-refractivity contribution < 1.29 is 13.3 Å². The van der Waals surface area contributed by atoms with Crippen LogP contribution in [0.4, 0.5) is 11.4 Å². The van der Waals surface area contributed by atoms with Gasteiger partial charge in [-0.15, -0.1) is 35.3 Å². The minimum Gasteiger partial charge on any atom is -0.378 e. The van der Waals surface area contributed by atoms with Gasteiger partial charge in [0.1, 0.15) is 5.69 Å². The van der Waals surface area contributed by atoms with Gasteiger partial charge in [-0.2, -0.15) is 0 Å². The van der Waals surface area contributed by atoms with Gasteiger partial charge < -0.3 is 16.0 Å². The Hall–Kier alpha value is -1.93. The minimum absolute atomic E-state index is 0. The van der Waals surface area contributed by atoms with Gasteiger partial charge in [0.15, 0.2) is 15.8 Å². The Kier molecular flexibility index (Phi) is 10.5. The summed E-state index contributed by atoms with van der Waals surface area (Å²) >= 11 is 1.66. The number of anilines is 1. The molecule has 2 aromatic rings. The van der Waals surface area contributed by atoms with Crippen LogP contribution in [0.3, 0.4) is 0 Å². The van der Waals surface area contributed by atoms with E-state index in [-0.39, 0.29) is 40.2 Å². The van der Waals surface area contributed by atoms with Crippen LogP contribution in [0, 0.1) is 17.0 Å². The van der Waals surface area contributed by atoms with Crippen LogP contribution in [0.1, 0.15) is 17.4 Å². The van der Waals surface area contributed by atoms with Crippen LogP contribution in [-0.2, 0) is 16.4 Å². The SMILES string of the molecule is CCNC(=NCc1sccc1C)NCCNc1ccc(S(C)(=O)=O)cc1[N+](=O)[O-].I. The number of aliphatic imine (C=N–C) groups is 1. The number of nitrogens with zero attached hydrogens (tertiary/aromatic N) is 2. The predicted octanol–water partition coefficient (Wildman–Crippen LogP) is 3.15. The highest BCUT2D eigenvalue weighted by atomic mass is 127. The zero-order valence-corrected chi connectivity index (χ0v) is 20.9. The molecule has 0 fully saturated rings. The second-order valence-electron chi connectivity index (χ2n) is 6.28. The second-order valence-corrected chi connectivity index (χ2v) is 9.30. The number of hydrogen-bond donors (Lipinski definition) is 3. The molecule has 0 unspecified atom stereocenters. The molecular formula is C18H26IN5O4S2. The number of rotatable bonds is 9. The first-order chi connectivity index (χ1) is 13.7. The van der Waals surface area contributed by atoms with Crippen molar-refractivity contribution in [2.75, 3.05) is 31.2 Å². The number of nitrogens with one attached hydrogen (secondary N) is 3. The second kappa shape index (κ2) is 12.1. The predicted molar refractivity (Wildman–Crippen MR) is 132 cm³/mol. The fourth-order valence-corrected chi connectivity index (χ4v) is 3.95. The molecule has 0 bridgehead atoms. The lowest BCUT2D eigenvalue weighted by Crippen LogP contribution is -2.39. The van der Waals surface area contributed by atoms with Crippen molar-refractivity contribution in [1.29, 1.82) is 0 Å². The molecule has 0 saturated carbocycles. The maximum absolute atomic E-state index is 11.6. The number of guanidine groups is 1. The largest absolute Gasteiger partial charge is 0.378 e. The number of thiophene rings is 1. The van der Waals surface area contributed by atoms with Crippen LogP contribution >= 0.6 is 35.3 Å². The third-order valence-electron chi connectivity index (χ3n) is 4.02. The highest BCUT2D eigenvalue weighted by Crippen LogP contribution is 2.27. The van der Waals surface area contributed by atoms with Gasteiger partial charge in [0, 0.05) is 36.8 Å². The van der Waals surface area contributed by atoms with Crippen molar-refractivity contribution >= 4 is 62.5 Å². The number of halogens is 1. The van der Waals surface area contributed by atoms with Crippen molar-refractivity contribution in [1.82, 2.24) is 10.6 Å². The van der Waals surface area contributed by atoms with Crippen molar-refractivity contribution in [3.63, 3.8) is 0 Å². The fraction of sp³-hybridized carbons (Fsp3) is 0.389. The first kappa shape index (κ1) is 26.1. The fourth-order valence-electron chi connectivity index (χ4n) is 2.48. The van der Waals surface area contributed by atoms with Crippen LogP contribution in [-0.4, -0.2) is 45.2 Å². The molecule has 2 rings (SSSR count). The molecule has 1 aromatic carbocycles. The van der Waals surface area contributed by atoms with E-state index in [4.69, 9.17) is 0 Å². The Labute approximate surface area is 197 Å². The van der Waals surface area contributed by atoms with E-state index in [1.807, 2.05) is 19.2 Å². The first-order valence-corrected chi connectivity index (χ1v) is 11.8. The Balaban J connectivity index is 0.00000450. The van der Waals surface area contributed by atoms with Crippen LogP contribution < -0.4 is 16.0 Å². The summed E-state index contributed by atoms with van der Waals surface area (Å²) in [6.07, 6.45) is 1.02. The smallest absolute Gasteiger partial charge is 0.293 e. The Morgan fingerprint density at radius 3 is 2.53 bits per heavy atom. The van der Waals surface area contributed by atoms with Gasteiger partial charge in [0.2, 0.25) is 0 Å². The molecule has 12 heteroatoms. The van der Waals surface area contributed by atoms with E-state index in [9.17, 15) is 18.5 Å². The summed E-state index contributed by atoms with van der Waals surface area (Å²) in [7, 11) is -3.51. The Bertz CT molecular complexity index is 992. The first-order valence-electron chi connectivity index (χ1n) is 9.00. The molecule has 0 amide bonds. The summed E-state index contributed by atoms with van der Waals surface area (Å²) in [5.74, 6) is 0.657. The number of nitro benzene ring substituents is 1. The number of aryl methyl sites for hydroxylation is 1. The van der Waals surface area contributed by atoms with E-state index in [0.717, 1.165) is 12.3 Å². The minimum atomic E-state index is -3.51. The van der Waals surface area contributed by atoms with Crippen molar-refractivity contribution in [3.05, 3.63) is 50.2 Å². The molecule has 0 radical (unpaired) electrons. The molecule has 0 aliphatic heterocycles. The molecular weight excluding hydrogens is 541 g/mol. The number of hydrogen-bond acceptors (Lipinski definition) is 7. The standard InChI is InChI=1S/C18H25N5O4S2.HI/c1-4-19-18(22-12-17-13(2)7-10-28-17)21-9-8-20-15-6-5-14(29(3,26)27)11-16(15)23(24)25;/h5-7,10-11,20H,4,8-9,12H2,1-3H3,(H2,19,21,22);1H. The van der Waals surface area contributed by atoms with Crippen LogP contribution in [0.25, 0.3) is 0 Å². The lowest BCUT2D eigenvalue weighted by molar-refractivity contribution is -0.384. The molecule has 166 valence electrons. The summed E-state index contributed by atoms with van der Waals surface area (Å²) < 4.78 is 23.2. The molecule has 9 nitrogen and oxygen atoms in total. The summed E-state index contributed by atoms with van der Waals surface area (Å²) in [6, 6.07) is 5.89. The summed E-state index contributed by atoms with van der Waals surface area (Å²) in [6.45, 7) is 6.17. The van der Waals surface area contributed by atoms with E-state index in [2.05, 4.69) is 27.0 Å². The van der Waals surface area contributed by atoms with Gasteiger partial charge >= 0.3 is 0 Å². The quantitative estimate of drug-likeness (QED) is 0.106. The van der Waals surface area contributed by atoms with Gasteiger partial charge in [0.05, 0.1) is 16.4 Å². The summed E-state index contributed by atoms with van der Waals surface area (Å²) in [4.78, 5) is 16.3. The van der Waals surface area contributed by atoms with Gasteiger partial charge in [-0.1, -0.05) is 0 Å². The highest BCUT2D eigenvalue weighted by molar-refractivity contribution is 14.0. The molecule has 0 spiro atoms. The van der Waals surface area contributed by atoms with Crippen molar-refractivity contribution in [3.8, 4) is 0 Å². The molecule has 0 saturated heterocycles. The third-order valence-corrected chi connectivity index (χ3v) is 6.14. The zero-order chi connectivity index (χ0) is 21.4. The molecule has 3 N–H and O–H groups in total. The monoisotopic (exact) mass is 567 g/mol. The lowest BCUT2D eigenvalue weighted by Gasteiger charge is -2.12. The average Bonchev–Trinajstić information content (AvgIpc) is 3.07. The van der Waals surface area contributed by atoms with Gasteiger partial charge in [-0.3, -0.25) is 10.1 Å². The highest BCUT2D eigenvalue weighted by Gasteiger charge is 2.18. The van der Waals surface area contributed by atoms with E-state index >= 15 is 0 Å². The topological polar surface area (TPSA) is 126 Å². The molecule has 0 aliphatic rings. The van der Waals surface area contributed by atoms with Crippen LogP contribution in [0.15, 0.2) is 39.5 Å². The number of sulfone groups is 1. The molecule has 0 atom stereocenters. The number of benzene rings is 1. The van der Waals surface area contributed by atoms with E-state index < -0.39 is 14.8 Å². The van der Waals surface area contributed by atoms with Crippen molar-refractivity contribution in [2.45, 2.75) is 25.3 Å². The van der Waals surface area contributed by atoms with Gasteiger partial charge in [-0.25, -0.2) is 13.4 Å². The van der Waals surface area contributed by atoms with Gasteiger partial charge in [0.25, 0.3) is 5.69 Å². The summed E-state index contributed by atoms with van der Waals surface area (Å²) in [5, 5.41) is 22.6. The normalized spacial score (nSPS) is 11.5.